The molecule has 2 N–H and O–H groups in total. The molecule has 6 amide bonds. The van der Waals surface area contributed by atoms with Crippen LogP contribution >= 0.6 is 0 Å². The van der Waals surface area contributed by atoms with Gasteiger partial charge in [-0.3, -0.25) is 53.0 Å². The highest BCUT2D eigenvalue weighted by molar-refractivity contribution is 6.12. The third-order valence-electron chi connectivity index (χ3n) is 16.7. The van der Waals surface area contributed by atoms with Crippen LogP contribution in [0.5, 0.6) is 0 Å². The van der Waals surface area contributed by atoms with E-state index < -0.39 is 41.5 Å². The van der Waals surface area contributed by atoms with Gasteiger partial charge in [-0.25, -0.2) is 0 Å². The van der Waals surface area contributed by atoms with Gasteiger partial charge in [0.05, 0.1) is 48.7 Å². The van der Waals surface area contributed by atoms with Crippen LogP contribution in [0.1, 0.15) is 157 Å². The summed E-state index contributed by atoms with van der Waals surface area (Å²) in [5.74, 6) is -3.25. The Hall–Kier alpha value is -5.13. The van der Waals surface area contributed by atoms with E-state index in [0.29, 0.717) is 71.1 Å². The van der Waals surface area contributed by atoms with E-state index in [1.54, 1.807) is 26.2 Å². The number of imide groups is 1. The highest BCUT2D eigenvalue weighted by atomic mass is 16.5. The minimum absolute atomic E-state index is 0.00860. The van der Waals surface area contributed by atoms with Crippen LogP contribution in [0.15, 0.2) is 42.5 Å². The Morgan fingerprint density at radius 2 is 1.48 bits per heavy atom. The van der Waals surface area contributed by atoms with Crippen LogP contribution in [-0.2, 0) is 52.6 Å². The van der Waals surface area contributed by atoms with Crippen molar-refractivity contribution in [3.8, 4) is 0 Å². The van der Waals surface area contributed by atoms with Gasteiger partial charge in [-0.1, -0.05) is 98.6 Å². The summed E-state index contributed by atoms with van der Waals surface area (Å²) < 4.78 is 12.3. The van der Waals surface area contributed by atoms with Crippen LogP contribution in [0.25, 0.3) is 0 Å². The van der Waals surface area contributed by atoms with Gasteiger partial charge in [-0.15, -0.1) is 0 Å². The first kappa shape index (κ1) is 64.4. The van der Waals surface area contributed by atoms with Crippen molar-refractivity contribution in [3.05, 3.63) is 48.0 Å². The summed E-state index contributed by atoms with van der Waals surface area (Å²) in [6.45, 7) is 17.4. The van der Waals surface area contributed by atoms with Crippen molar-refractivity contribution in [1.82, 2.24) is 30.2 Å². The summed E-state index contributed by atoms with van der Waals surface area (Å²) in [4.78, 5) is 127. The lowest BCUT2D eigenvalue weighted by Crippen LogP contribution is -2.54. The highest BCUT2D eigenvalue weighted by Gasteiger charge is 2.61. The fraction of sp³-hybridized carbons (Fsp3) is 0.717. The molecule has 0 bridgehead atoms. The first-order valence-corrected chi connectivity index (χ1v) is 28.6. The van der Waals surface area contributed by atoms with Gasteiger partial charge in [-0.05, 0) is 87.8 Å². The summed E-state index contributed by atoms with van der Waals surface area (Å²) in [7, 11) is 6.74. The van der Waals surface area contributed by atoms with Crippen LogP contribution < -0.4 is 10.6 Å². The van der Waals surface area contributed by atoms with Gasteiger partial charge in [-0.2, -0.15) is 0 Å². The molecule has 1 aliphatic carbocycles. The maximum atomic E-state index is 14.8. The highest BCUT2D eigenvalue weighted by Crippen LogP contribution is 2.62. The number of carbonyl (C=O) groups is 9. The topological polar surface area (TPSA) is 209 Å². The SMILES string of the molecule is CCCNC(=O)[C@]1(CC(=O)[C@H](C)[C@@H](OC)[C@@H]2CCCN2C(=O)C[C@@H](OC)[C@H]([C@@H](C)CC)N(C)C(=O)[C@@H](CC(=O)[C@H](C(C)C)N(C)CCCC(=O)CNC(=O)CCCCCN2C(=O)C=CC2=O)C(C)C)C[C@@H]1c1ccccc1. The molecule has 430 valence electrons. The normalized spacial score (nSPS) is 21.0. The smallest absolute Gasteiger partial charge is 0.253 e. The van der Waals surface area contributed by atoms with Gasteiger partial charge in [0.1, 0.15) is 5.78 Å². The molecular weight excluding hydrogens is 981 g/mol. The zero-order chi connectivity index (χ0) is 57.1. The molecule has 17 nitrogen and oxygen atoms in total. The third-order valence-corrected chi connectivity index (χ3v) is 16.7. The van der Waals surface area contributed by atoms with Gasteiger partial charge in [0.25, 0.3) is 11.8 Å². The van der Waals surface area contributed by atoms with Crippen LogP contribution in [-0.4, -0.2) is 164 Å². The summed E-state index contributed by atoms with van der Waals surface area (Å²) in [5.41, 5.74) is 0.206. The van der Waals surface area contributed by atoms with Crippen LogP contribution in [0, 0.1) is 35.0 Å². The summed E-state index contributed by atoms with van der Waals surface area (Å²) in [6.07, 6.45) is 7.49. The molecule has 0 aromatic heterocycles. The number of hydrogen-bond acceptors (Lipinski definition) is 12. The maximum Gasteiger partial charge on any atom is 0.253 e. The molecule has 1 saturated carbocycles. The lowest BCUT2D eigenvalue weighted by Gasteiger charge is -2.41. The molecule has 10 atom stereocenters. The molecule has 1 aromatic rings. The van der Waals surface area contributed by atoms with E-state index in [0.717, 1.165) is 18.4 Å². The number of hydrogen-bond donors (Lipinski definition) is 2. The standard InChI is InChI=1S/C60H94N6O11/c1-13-30-61-59(75)60(36-46(60)43-23-17-15-18-24-43)37-49(69)42(8)57(77-12)47-26-22-33-65(47)54(73)35-50(76-11)56(41(7)14-2)64(10)58(74)45(39(3)4)34-48(68)55(40(5)6)63(9)31-21-25-44(67)38-62-51(70)27-19-16-20-32-66-52(71)28-29-53(66)72/h15,17-18,23-24,28-29,39-42,45-47,50,55-57H,13-14,16,19-22,25-27,30-38H2,1-12H3,(H,61,75)(H,62,70)/t41-,42-,45-,46+,47-,50+,55-,56-,57+,60-/m0/s1. The number of carbonyl (C=O) groups excluding carboxylic acids is 9. The predicted octanol–water partition coefficient (Wildman–Crippen LogP) is 6.70. The van der Waals surface area contributed by atoms with Gasteiger partial charge >= 0.3 is 0 Å². The van der Waals surface area contributed by atoms with E-state index in [-0.39, 0.29) is 121 Å². The molecule has 0 unspecified atom stereocenters. The molecule has 4 rings (SSSR count). The van der Waals surface area contributed by atoms with Crippen LogP contribution in [0.3, 0.4) is 0 Å². The fourth-order valence-electron chi connectivity index (χ4n) is 11.9. The second kappa shape index (κ2) is 30.9. The van der Waals surface area contributed by atoms with Crippen molar-refractivity contribution in [2.45, 2.75) is 182 Å². The summed E-state index contributed by atoms with van der Waals surface area (Å²) >= 11 is 0. The largest absolute Gasteiger partial charge is 0.379 e. The molecule has 0 radical (unpaired) electrons. The average Bonchev–Trinajstić information content (AvgIpc) is 3.79. The Labute approximate surface area is 459 Å². The summed E-state index contributed by atoms with van der Waals surface area (Å²) in [5, 5.41) is 5.75. The van der Waals surface area contributed by atoms with Gasteiger partial charge in [0.15, 0.2) is 11.6 Å². The van der Waals surface area contributed by atoms with Crippen molar-refractivity contribution in [2.75, 3.05) is 61.0 Å². The molecule has 2 heterocycles. The number of rotatable bonds is 36. The molecule has 0 spiro atoms. The van der Waals surface area contributed by atoms with Crippen molar-refractivity contribution >= 4 is 52.8 Å². The number of ketones is 3. The zero-order valence-corrected chi connectivity index (χ0v) is 48.6. The maximum absolute atomic E-state index is 14.8. The first-order chi connectivity index (χ1) is 36.6. The quantitative estimate of drug-likeness (QED) is 0.0531. The lowest BCUT2D eigenvalue weighted by molar-refractivity contribution is -0.149. The average molecular weight is 1080 g/mol. The van der Waals surface area contributed by atoms with E-state index in [1.165, 1.54) is 17.1 Å². The number of amides is 6. The number of nitrogens with one attached hydrogen (secondary N) is 2. The van der Waals surface area contributed by atoms with E-state index in [4.69, 9.17) is 9.47 Å². The van der Waals surface area contributed by atoms with E-state index >= 15 is 0 Å². The van der Waals surface area contributed by atoms with Crippen molar-refractivity contribution in [1.29, 1.82) is 0 Å². The Bertz CT molecular complexity index is 2180. The number of unbranched alkanes of at least 4 members (excludes halogenated alkanes) is 2. The number of likely N-dealkylation sites (tertiary alicyclic amines) is 1. The fourth-order valence-corrected chi connectivity index (χ4v) is 11.9. The zero-order valence-electron chi connectivity index (χ0n) is 48.6. The molecule has 17 heteroatoms. The lowest BCUT2D eigenvalue weighted by atomic mass is 9.83. The predicted molar refractivity (Wildman–Crippen MR) is 296 cm³/mol. The first-order valence-electron chi connectivity index (χ1n) is 28.6. The molecule has 1 saturated heterocycles. The Morgan fingerprint density at radius 1 is 0.805 bits per heavy atom. The van der Waals surface area contributed by atoms with Crippen molar-refractivity contribution in [2.24, 2.45) is 35.0 Å². The van der Waals surface area contributed by atoms with E-state index in [1.807, 2.05) is 103 Å². The minimum Gasteiger partial charge on any atom is -0.379 e. The minimum atomic E-state index is -0.834. The number of nitrogens with zero attached hydrogens (tertiary/aromatic N) is 4. The number of likely N-dealkylation sites (N-methyl/N-ethyl adjacent to an activating group) is 2. The monoisotopic (exact) mass is 1070 g/mol. The molecule has 3 aliphatic rings. The third kappa shape index (κ3) is 17.4. The second-order valence-electron chi connectivity index (χ2n) is 22.9. The van der Waals surface area contributed by atoms with Gasteiger partial charge in [0, 0.05) is 90.6 Å². The Morgan fingerprint density at radius 3 is 2.08 bits per heavy atom. The van der Waals surface area contributed by atoms with Gasteiger partial charge < -0.3 is 29.9 Å². The Kier molecular flexibility index (Phi) is 25.8. The number of benzene rings is 1. The van der Waals surface area contributed by atoms with Crippen molar-refractivity contribution < 1.29 is 52.6 Å². The molecular formula is C60H94N6O11. The Balaban J connectivity index is 1.34. The number of Topliss-reactive ketones (excluding diaryl/α,β-unsaturated/α-hetero) is 3. The number of methoxy groups -OCH3 is 2. The molecule has 77 heavy (non-hydrogen) atoms. The van der Waals surface area contributed by atoms with Gasteiger partial charge in [0.2, 0.25) is 23.6 Å². The molecule has 1 aromatic carbocycles. The van der Waals surface area contributed by atoms with E-state index in [9.17, 15) is 43.2 Å². The van der Waals surface area contributed by atoms with E-state index in [2.05, 4.69) is 10.6 Å². The van der Waals surface area contributed by atoms with Crippen LogP contribution in [0.4, 0.5) is 0 Å². The summed E-state index contributed by atoms with van der Waals surface area (Å²) in [6, 6.07) is 8.48. The van der Waals surface area contributed by atoms with Crippen LogP contribution in [0.2, 0.25) is 0 Å². The second-order valence-corrected chi connectivity index (χ2v) is 22.9. The molecule has 2 fully saturated rings. The molecule has 2 aliphatic heterocycles. The van der Waals surface area contributed by atoms with Crippen molar-refractivity contribution in [3.63, 3.8) is 0 Å². The number of ether oxygens (including phenoxy) is 2.